The summed E-state index contributed by atoms with van der Waals surface area (Å²) in [5, 5.41) is 2.51. The van der Waals surface area contributed by atoms with Crippen LogP contribution in [-0.4, -0.2) is 28.7 Å². The molecule has 4 heteroatoms. The zero-order chi connectivity index (χ0) is 19.5. The van der Waals surface area contributed by atoms with E-state index in [-0.39, 0.29) is 0 Å². The van der Waals surface area contributed by atoms with Crippen molar-refractivity contribution in [3.8, 4) is 22.9 Å². The van der Waals surface area contributed by atoms with Gasteiger partial charge in [-0.15, -0.1) is 34.6 Å². The minimum absolute atomic E-state index is 1.15. The number of hydrogen-bond donors (Lipinski definition) is 0. The molecular formula is C22H28S2Si2. The van der Waals surface area contributed by atoms with Gasteiger partial charge in [0.25, 0.3) is 0 Å². The van der Waals surface area contributed by atoms with Crippen LogP contribution < -0.4 is 0 Å². The number of hydrogen-bond acceptors (Lipinski definition) is 2. The van der Waals surface area contributed by atoms with Crippen LogP contribution in [0, 0.1) is 22.9 Å². The monoisotopic (exact) mass is 412 g/mol. The van der Waals surface area contributed by atoms with E-state index in [4.69, 9.17) is 0 Å². The van der Waals surface area contributed by atoms with Gasteiger partial charge in [-0.3, -0.25) is 0 Å². The Morgan fingerprint density at radius 3 is 1.23 bits per heavy atom. The predicted octanol–water partition coefficient (Wildman–Crippen LogP) is 6.74. The molecule has 0 saturated heterocycles. The number of benzene rings is 2. The third kappa shape index (κ3) is 6.00. The molecule has 0 spiro atoms. The first-order valence-corrected chi connectivity index (χ1v) is 18.2. The minimum Gasteiger partial charge on any atom is -0.128 e. The van der Waals surface area contributed by atoms with Crippen molar-refractivity contribution in [2.75, 3.05) is 12.5 Å². The lowest BCUT2D eigenvalue weighted by molar-refractivity contribution is 1.41. The molecule has 2 rings (SSSR count). The molecule has 0 aliphatic carbocycles. The van der Waals surface area contributed by atoms with Crippen LogP contribution >= 0.6 is 23.5 Å². The molecule has 0 aromatic heterocycles. The summed E-state index contributed by atoms with van der Waals surface area (Å²) >= 11 is 3.55. The third-order valence-corrected chi connectivity index (χ3v) is 6.93. The molecule has 0 fully saturated rings. The van der Waals surface area contributed by atoms with Gasteiger partial charge in [-0.05, 0) is 47.5 Å². The first kappa shape index (κ1) is 21.3. The van der Waals surface area contributed by atoms with Gasteiger partial charge in [0, 0.05) is 20.9 Å². The average molecular weight is 413 g/mol. The van der Waals surface area contributed by atoms with Crippen LogP contribution in [0.2, 0.25) is 39.3 Å². The first-order valence-electron chi connectivity index (χ1n) is 8.78. The van der Waals surface area contributed by atoms with Crippen molar-refractivity contribution < 1.29 is 0 Å². The van der Waals surface area contributed by atoms with E-state index in [1.54, 1.807) is 23.5 Å². The average Bonchev–Trinajstić information content (AvgIpc) is 2.54. The molecule has 0 aliphatic rings. The highest BCUT2D eigenvalue weighted by molar-refractivity contribution is 7.99. The highest BCUT2D eigenvalue weighted by Crippen LogP contribution is 2.31. The lowest BCUT2D eigenvalue weighted by Crippen LogP contribution is -2.16. The number of fused-ring (bicyclic) bond motifs is 1. The van der Waals surface area contributed by atoms with Crippen molar-refractivity contribution in [2.45, 2.75) is 49.1 Å². The molecule has 0 bridgehead atoms. The lowest BCUT2D eigenvalue weighted by Gasteiger charge is -2.10. The highest BCUT2D eigenvalue weighted by atomic mass is 32.2. The number of rotatable bonds is 2. The van der Waals surface area contributed by atoms with E-state index in [0.717, 1.165) is 11.1 Å². The Morgan fingerprint density at radius 2 is 0.962 bits per heavy atom. The first-order chi connectivity index (χ1) is 12.0. The van der Waals surface area contributed by atoms with Crippen molar-refractivity contribution in [1.29, 1.82) is 0 Å². The van der Waals surface area contributed by atoms with Gasteiger partial charge in [0.1, 0.15) is 16.1 Å². The molecule has 0 unspecified atom stereocenters. The molecular weight excluding hydrogens is 385 g/mol. The van der Waals surface area contributed by atoms with E-state index >= 15 is 0 Å². The minimum atomic E-state index is -1.39. The van der Waals surface area contributed by atoms with Crippen LogP contribution in [-0.2, 0) is 0 Å². The van der Waals surface area contributed by atoms with Gasteiger partial charge in [0.05, 0.1) is 0 Å². The van der Waals surface area contributed by atoms with Gasteiger partial charge in [-0.25, -0.2) is 0 Å². The van der Waals surface area contributed by atoms with Crippen molar-refractivity contribution in [3.63, 3.8) is 0 Å². The number of thioether (sulfide) groups is 2. The van der Waals surface area contributed by atoms with Gasteiger partial charge in [0.15, 0.2) is 0 Å². The van der Waals surface area contributed by atoms with Crippen LogP contribution in [0.4, 0.5) is 0 Å². The van der Waals surface area contributed by atoms with E-state index in [2.05, 4.69) is 99.0 Å². The zero-order valence-corrected chi connectivity index (χ0v) is 20.8. The van der Waals surface area contributed by atoms with Crippen LogP contribution in [0.3, 0.4) is 0 Å². The molecule has 0 saturated carbocycles. The Hall–Kier alpha value is -1.05. The Labute approximate surface area is 169 Å². The van der Waals surface area contributed by atoms with Crippen molar-refractivity contribution in [2.24, 2.45) is 0 Å². The SMILES string of the molecule is CSc1cc2cc(C#C[Si](C)(C)C)c(SC)cc2cc1C#C[Si](C)(C)C. The molecule has 0 N–H and O–H groups in total. The molecule has 2 aromatic carbocycles. The Balaban J connectivity index is 2.65. The second-order valence-electron chi connectivity index (χ2n) is 8.45. The maximum Gasteiger partial charge on any atom is 0.129 e. The normalized spacial score (nSPS) is 11.5. The molecule has 0 amide bonds. The molecule has 0 radical (unpaired) electrons. The molecule has 26 heavy (non-hydrogen) atoms. The van der Waals surface area contributed by atoms with Gasteiger partial charge in [-0.2, -0.15) is 0 Å². The summed E-state index contributed by atoms with van der Waals surface area (Å²) in [6, 6.07) is 9.06. The van der Waals surface area contributed by atoms with Crippen LogP contribution in [0.1, 0.15) is 11.1 Å². The molecule has 0 aliphatic heterocycles. The summed E-state index contributed by atoms with van der Waals surface area (Å²) in [5.74, 6) is 6.91. The molecule has 2 aromatic rings. The second kappa shape index (κ2) is 8.32. The topological polar surface area (TPSA) is 0 Å². The second-order valence-corrected chi connectivity index (χ2v) is 19.6. The van der Waals surface area contributed by atoms with E-state index in [9.17, 15) is 0 Å². The Bertz CT molecular complexity index is 861. The summed E-state index contributed by atoms with van der Waals surface area (Å²) in [7, 11) is -2.78. The lowest BCUT2D eigenvalue weighted by atomic mass is 10.0. The smallest absolute Gasteiger partial charge is 0.128 e. The summed E-state index contributed by atoms with van der Waals surface area (Å²) in [6.07, 6.45) is 4.26. The van der Waals surface area contributed by atoms with Crippen molar-refractivity contribution in [3.05, 3.63) is 35.4 Å². The highest BCUT2D eigenvalue weighted by Gasteiger charge is 2.11. The van der Waals surface area contributed by atoms with Gasteiger partial charge >= 0.3 is 0 Å². The van der Waals surface area contributed by atoms with Crippen LogP contribution in [0.25, 0.3) is 10.8 Å². The van der Waals surface area contributed by atoms with Gasteiger partial charge < -0.3 is 0 Å². The Kier molecular flexibility index (Phi) is 6.80. The molecule has 0 atom stereocenters. The van der Waals surface area contributed by atoms with E-state index in [0.29, 0.717) is 0 Å². The fourth-order valence-electron chi connectivity index (χ4n) is 2.35. The van der Waals surface area contributed by atoms with Crippen LogP contribution in [0.15, 0.2) is 34.1 Å². The summed E-state index contributed by atoms with van der Waals surface area (Å²) in [5.41, 5.74) is 9.32. The maximum atomic E-state index is 3.51. The van der Waals surface area contributed by atoms with Crippen molar-refractivity contribution in [1.82, 2.24) is 0 Å². The summed E-state index contributed by atoms with van der Waals surface area (Å²) < 4.78 is 0. The predicted molar refractivity (Wildman–Crippen MR) is 128 cm³/mol. The zero-order valence-electron chi connectivity index (χ0n) is 17.1. The van der Waals surface area contributed by atoms with Gasteiger partial charge in [0.2, 0.25) is 0 Å². The van der Waals surface area contributed by atoms with Crippen molar-refractivity contribution >= 4 is 50.4 Å². The summed E-state index contributed by atoms with van der Waals surface area (Å²) in [6.45, 7) is 13.7. The quantitative estimate of drug-likeness (QED) is 0.304. The third-order valence-electron chi connectivity index (χ3n) is 3.62. The standard InChI is InChI=1S/C22H28S2Si2/c1-23-21-15-19-14-18(10-12-26(6,7)8)22(24-2)16-20(19)13-17(21)9-11-25(3,4)5/h13-16H,1-8H3. The molecule has 0 nitrogen and oxygen atoms in total. The van der Waals surface area contributed by atoms with E-state index in [1.165, 1.54) is 20.6 Å². The summed E-state index contributed by atoms with van der Waals surface area (Å²) in [4.78, 5) is 2.51. The van der Waals surface area contributed by atoms with Gasteiger partial charge in [-0.1, -0.05) is 51.1 Å². The largest absolute Gasteiger partial charge is 0.129 e. The molecule has 0 heterocycles. The fourth-order valence-corrected chi connectivity index (χ4v) is 4.52. The molecule has 136 valence electrons. The fraction of sp³-hybridized carbons (Fsp3) is 0.364. The van der Waals surface area contributed by atoms with E-state index in [1.807, 2.05) is 0 Å². The Morgan fingerprint density at radius 1 is 0.615 bits per heavy atom. The maximum absolute atomic E-state index is 3.51. The van der Waals surface area contributed by atoms with E-state index < -0.39 is 16.1 Å². The van der Waals surface area contributed by atoms with Crippen LogP contribution in [0.5, 0.6) is 0 Å².